The first-order valence-corrected chi connectivity index (χ1v) is 23.6. The topological polar surface area (TPSA) is 119 Å². The Labute approximate surface area is 351 Å². The number of aliphatic hydroxyl groups excluding tert-OH is 1. The summed E-state index contributed by atoms with van der Waals surface area (Å²) in [6, 6.07) is 41.6. The molecule has 0 radical (unpaired) electrons. The summed E-state index contributed by atoms with van der Waals surface area (Å²) in [5, 5.41) is 20.6. The molecule has 306 valence electrons. The number of carbonyl (C=O) groups is 2. The van der Waals surface area contributed by atoms with Gasteiger partial charge in [-0.2, -0.15) is 0 Å². The van der Waals surface area contributed by atoms with E-state index in [1.807, 2.05) is 131 Å². The number of aliphatic hydroxyl groups is 1. The van der Waals surface area contributed by atoms with Crippen molar-refractivity contribution in [1.29, 1.82) is 0 Å². The quantitative estimate of drug-likeness (QED) is 0.128. The fourth-order valence-corrected chi connectivity index (χ4v) is 14.0. The molecule has 0 saturated carbocycles. The Bertz CT molecular complexity index is 2510. The van der Waals surface area contributed by atoms with E-state index < -0.39 is 13.7 Å². The highest BCUT2D eigenvalue weighted by atomic mass is 28.3. The van der Waals surface area contributed by atoms with Crippen molar-refractivity contribution in [2.75, 3.05) is 30.1 Å². The molecule has 3 aliphatic heterocycles. The third-order valence-electron chi connectivity index (χ3n) is 12.9. The molecule has 0 bridgehead atoms. The van der Waals surface area contributed by atoms with Gasteiger partial charge in [0, 0.05) is 29.9 Å². The van der Waals surface area contributed by atoms with Crippen LogP contribution in [0.4, 0.5) is 17.1 Å². The summed E-state index contributed by atoms with van der Waals surface area (Å²) in [5.41, 5.74) is 4.12. The average Bonchev–Trinajstić information content (AvgIpc) is 3.93. The van der Waals surface area contributed by atoms with E-state index in [9.17, 15) is 9.90 Å². The molecule has 0 aliphatic carbocycles. The zero-order valence-electron chi connectivity index (χ0n) is 34.3. The Morgan fingerprint density at radius 1 is 0.900 bits per heavy atom. The minimum Gasteiger partial charge on any atom is -0.497 e. The number of carbonyl (C=O) groups excluding carboxylic acids is 2. The van der Waals surface area contributed by atoms with Crippen LogP contribution in [0.2, 0.25) is 18.6 Å². The second kappa shape index (κ2) is 15.8. The highest BCUT2D eigenvalue weighted by molar-refractivity contribution is 6.91. The van der Waals surface area contributed by atoms with Crippen LogP contribution in [0.15, 0.2) is 134 Å². The second-order valence-corrected chi connectivity index (χ2v) is 21.2. The summed E-state index contributed by atoms with van der Waals surface area (Å²) in [6.45, 7) is 7.59. The van der Waals surface area contributed by atoms with Crippen LogP contribution in [0.3, 0.4) is 0 Å². The molecule has 1 unspecified atom stereocenters. The Hall–Kier alpha value is -6.08. The maximum absolute atomic E-state index is 15.6. The fourth-order valence-electron chi connectivity index (χ4n) is 9.92. The molecule has 2 amide bonds. The van der Waals surface area contributed by atoms with E-state index in [4.69, 9.17) is 14.2 Å². The standard InChI is InChI=1S/C48H49N5O6Si/c1-32-46(60(3,4)37-22-20-36(57-2)21-23-37)44(25-26-51-29-40(49-50-51)38(30-54)34-15-9-6-10-16-34)59-48(32)39-27-35(53-42-17-11-12-18-43(42)58-31-45(53)55)19-24-41(39)52(47(48)56)28-33-13-7-5-8-14-33/h5-24,27,29,32,38,44,46,54H,25-26,28,30-31H2,1-4H3/t32-,38?,44+,46-,48+/m1/s1. The molecule has 1 N–H and O–H groups in total. The second-order valence-electron chi connectivity index (χ2n) is 16.6. The predicted molar refractivity (Wildman–Crippen MR) is 233 cm³/mol. The summed E-state index contributed by atoms with van der Waals surface area (Å²) in [5.74, 6) is 0.544. The minimum atomic E-state index is -2.46. The largest absolute Gasteiger partial charge is 0.497 e. The first-order chi connectivity index (χ1) is 29.1. The summed E-state index contributed by atoms with van der Waals surface area (Å²) in [7, 11) is -0.794. The lowest BCUT2D eigenvalue weighted by molar-refractivity contribution is -0.146. The Balaban J connectivity index is 1.14. The van der Waals surface area contributed by atoms with Crippen molar-refractivity contribution in [1.82, 2.24) is 15.0 Å². The highest BCUT2D eigenvalue weighted by Gasteiger charge is 2.66. The lowest BCUT2D eigenvalue weighted by Crippen LogP contribution is -2.51. The number of fused-ring (bicyclic) bond motifs is 3. The molecule has 5 aromatic carbocycles. The Morgan fingerprint density at radius 3 is 2.35 bits per heavy atom. The molecule has 9 rings (SSSR count). The number of ether oxygens (including phenoxy) is 3. The molecule has 6 aromatic rings. The number of para-hydroxylation sites is 2. The number of aromatic nitrogens is 3. The normalized spacial score (nSPS) is 21.5. The zero-order chi connectivity index (χ0) is 41.6. The van der Waals surface area contributed by atoms with Gasteiger partial charge in [-0.3, -0.25) is 19.2 Å². The Kier molecular flexibility index (Phi) is 10.4. The van der Waals surface area contributed by atoms with Crippen molar-refractivity contribution in [3.05, 3.63) is 156 Å². The van der Waals surface area contributed by atoms with Crippen molar-refractivity contribution >= 4 is 42.1 Å². The molecule has 12 heteroatoms. The van der Waals surface area contributed by atoms with Gasteiger partial charge >= 0.3 is 0 Å². The van der Waals surface area contributed by atoms with Crippen LogP contribution < -0.4 is 24.5 Å². The van der Waals surface area contributed by atoms with Gasteiger partial charge in [0.1, 0.15) is 11.5 Å². The first-order valence-electron chi connectivity index (χ1n) is 20.6. The average molecular weight is 820 g/mol. The van der Waals surface area contributed by atoms with Crippen LogP contribution >= 0.6 is 0 Å². The van der Waals surface area contributed by atoms with Gasteiger partial charge in [-0.15, -0.1) is 5.10 Å². The summed E-state index contributed by atoms with van der Waals surface area (Å²) in [4.78, 5) is 32.8. The SMILES string of the molecule is COc1ccc([Si](C)(C)[C@H]2[C@H](CCn3cc(C(CO)c4ccccc4)nn3)O[C@@]3(C(=O)N(Cc4ccccc4)c4ccc(N5C(=O)COc6ccccc65)cc43)[C@@H]2C)cc1. The van der Waals surface area contributed by atoms with Crippen molar-refractivity contribution < 1.29 is 28.9 Å². The number of hydrogen-bond acceptors (Lipinski definition) is 8. The molecule has 11 nitrogen and oxygen atoms in total. The number of methoxy groups -OCH3 is 1. The number of nitrogens with zero attached hydrogens (tertiary/aromatic N) is 5. The molecule has 1 saturated heterocycles. The summed E-state index contributed by atoms with van der Waals surface area (Å²) in [6.07, 6.45) is 2.13. The number of hydrogen-bond donors (Lipinski definition) is 1. The van der Waals surface area contributed by atoms with E-state index >= 15 is 4.79 Å². The van der Waals surface area contributed by atoms with Gasteiger partial charge in [0.15, 0.2) is 12.2 Å². The third-order valence-corrected chi connectivity index (χ3v) is 17.3. The number of aryl methyl sites for hydroxylation is 1. The molecule has 5 atom stereocenters. The van der Waals surface area contributed by atoms with Crippen molar-refractivity contribution in [2.45, 2.75) is 62.7 Å². The first kappa shape index (κ1) is 39.4. The molecule has 1 spiro atoms. The van der Waals surface area contributed by atoms with Gasteiger partial charge in [0.25, 0.3) is 11.8 Å². The van der Waals surface area contributed by atoms with Crippen LogP contribution in [0, 0.1) is 5.92 Å². The number of anilines is 3. The monoisotopic (exact) mass is 819 g/mol. The maximum atomic E-state index is 15.6. The number of amides is 2. The van der Waals surface area contributed by atoms with Gasteiger partial charge in [0.05, 0.1) is 57.4 Å². The summed E-state index contributed by atoms with van der Waals surface area (Å²) >= 11 is 0. The molecule has 3 aliphatic rings. The highest BCUT2D eigenvalue weighted by Crippen LogP contribution is 2.61. The molecule has 1 aromatic heterocycles. The van der Waals surface area contributed by atoms with Crippen molar-refractivity contribution in [3.63, 3.8) is 0 Å². The van der Waals surface area contributed by atoms with Gasteiger partial charge in [0.2, 0.25) is 0 Å². The third kappa shape index (κ3) is 6.68. The lowest BCUT2D eigenvalue weighted by atomic mass is 9.82. The predicted octanol–water partition coefficient (Wildman–Crippen LogP) is 7.32. The van der Waals surface area contributed by atoms with Crippen molar-refractivity contribution in [3.8, 4) is 11.5 Å². The van der Waals surface area contributed by atoms with Crippen molar-refractivity contribution in [2.24, 2.45) is 5.92 Å². The smallest absolute Gasteiger partial charge is 0.269 e. The lowest BCUT2D eigenvalue weighted by Gasteiger charge is -2.37. The van der Waals surface area contributed by atoms with Crippen LogP contribution in [-0.2, 0) is 33.0 Å². The van der Waals surface area contributed by atoms with Gasteiger partial charge < -0.3 is 24.2 Å². The fraction of sp³-hybridized carbons (Fsp3) is 0.292. The van der Waals surface area contributed by atoms with Crippen LogP contribution in [-0.4, -0.2) is 66.4 Å². The van der Waals surface area contributed by atoms with Gasteiger partial charge in [-0.05, 0) is 65.6 Å². The number of benzene rings is 5. The van der Waals surface area contributed by atoms with E-state index in [0.29, 0.717) is 42.3 Å². The zero-order valence-corrected chi connectivity index (χ0v) is 35.3. The molecule has 4 heterocycles. The molecular formula is C48H49N5O6Si. The number of rotatable bonds is 12. The van der Waals surface area contributed by atoms with Crippen LogP contribution in [0.1, 0.15) is 41.6 Å². The van der Waals surface area contributed by atoms with Crippen LogP contribution in [0.5, 0.6) is 11.5 Å². The van der Waals surface area contributed by atoms with E-state index in [2.05, 4.69) is 42.5 Å². The van der Waals surface area contributed by atoms with E-state index in [1.54, 1.807) is 12.0 Å². The summed E-state index contributed by atoms with van der Waals surface area (Å²) < 4.78 is 20.7. The Morgan fingerprint density at radius 2 is 1.62 bits per heavy atom. The molecule has 60 heavy (non-hydrogen) atoms. The van der Waals surface area contributed by atoms with Gasteiger partial charge in [-0.1, -0.05) is 115 Å². The van der Waals surface area contributed by atoms with E-state index in [0.717, 1.165) is 28.1 Å². The molecule has 1 fully saturated rings. The van der Waals surface area contributed by atoms with Crippen LogP contribution in [0.25, 0.3) is 0 Å². The van der Waals surface area contributed by atoms with E-state index in [-0.39, 0.29) is 48.5 Å². The van der Waals surface area contributed by atoms with E-state index in [1.165, 1.54) is 5.19 Å². The minimum absolute atomic E-state index is 0.0220. The molecular weight excluding hydrogens is 771 g/mol. The van der Waals surface area contributed by atoms with Gasteiger partial charge in [-0.25, -0.2) is 0 Å². The maximum Gasteiger partial charge on any atom is 0.269 e.